The highest BCUT2D eigenvalue weighted by atomic mass is 16.5. The first-order valence-corrected chi connectivity index (χ1v) is 6.87. The van der Waals surface area contributed by atoms with Crippen molar-refractivity contribution >= 4 is 0 Å². The molecule has 0 spiro atoms. The van der Waals surface area contributed by atoms with Crippen LogP contribution in [0, 0.1) is 0 Å². The van der Waals surface area contributed by atoms with Crippen LogP contribution < -0.4 is 10.1 Å². The van der Waals surface area contributed by atoms with E-state index >= 15 is 0 Å². The van der Waals surface area contributed by atoms with Gasteiger partial charge in [0.05, 0.1) is 6.61 Å². The summed E-state index contributed by atoms with van der Waals surface area (Å²) in [5, 5.41) is 3.33. The lowest BCUT2D eigenvalue weighted by molar-refractivity contribution is 0.341. The summed E-state index contributed by atoms with van der Waals surface area (Å²) in [4.78, 5) is 0. The van der Waals surface area contributed by atoms with Crippen molar-refractivity contribution in [3.8, 4) is 16.9 Å². The van der Waals surface area contributed by atoms with Crippen molar-refractivity contribution in [3.05, 3.63) is 54.1 Å². The molecule has 0 fully saturated rings. The molecule has 100 valence electrons. The summed E-state index contributed by atoms with van der Waals surface area (Å²) in [6, 6.07) is 16.8. The van der Waals surface area contributed by atoms with Crippen molar-refractivity contribution in [1.82, 2.24) is 5.32 Å². The molecule has 2 nitrogen and oxygen atoms in total. The van der Waals surface area contributed by atoms with Crippen LogP contribution in [0.4, 0.5) is 0 Å². The molecule has 19 heavy (non-hydrogen) atoms. The summed E-state index contributed by atoms with van der Waals surface area (Å²) in [5.74, 6) is 0.949. The summed E-state index contributed by atoms with van der Waals surface area (Å²) < 4.78 is 5.67. The number of rotatable bonds is 6. The van der Waals surface area contributed by atoms with Gasteiger partial charge in [-0.15, -0.1) is 0 Å². The molecule has 0 aliphatic rings. The van der Waals surface area contributed by atoms with Gasteiger partial charge in [-0.2, -0.15) is 0 Å². The van der Waals surface area contributed by atoms with Gasteiger partial charge in [-0.1, -0.05) is 49.4 Å². The van der Waals surface area contributed by atoms with Crippen LogP contribution in [-0.2, 0) is 6.54 Å². The minimum absolute atomic E-state index is 0.690. The maximum absolute atomic E-state index is 5.67. The largest absolute Gasteiger partial charge is 0.493 e. The summed E-state index contributed by atoms with van der Waals surface area (Å²) in [7, 11) is 0. The first-order chi connectivity index (χ1) is 9.35. The molecule has 0 aliphatic carbocycles. The van der Waals surface area contributed by atoms with Gasteiger partial charge in [0, 0.05) is 12.1 Å². The summed E-state index contributed by atoms with van der Waals surface area (Å²) in [6.07, 6.45) is 0. The Balaban J connectivity index is 2.22. The molecule has 0 saturated carbocycles. The maximum atomic E-state index is 5.67. The molecule has 2 aromatic rings. The Hall–Kier alpha value is -1.80. The minimum Gasteiger partial charge on any atom is -0.493 e. The molecule has 0 aromatic heterocycles. The van der Waals surface area contributed by atoms with Gasteiger partial charge in [0.15, 0.2) is 0 Å². The average Bonchev–Trinajstić information content (AvgIpc) is 2.47. The van der Waals surface area contributed by atoms with E-state index in [1.54, 1.807) is 0 Å². The fraction of sp³-hybridized carbons (Fsp3) is 0.294. The third-order valence-corrected chi connectivity index (χ3v) is 3.03. The zero-order valence-corrected chi connectivity index (χ0v) is 11.6. The molecule has 0 bridgehead atoms. The van der Waals surface area contributed by atoms with E-state index in [4.69, 9.17) is 4.74 Å². The number of ether oxygens (including phenoxy) is 1. The SMILES string of the molecule is CCNCc1ccc(-c2ccccc2OCC)cc1. The van der Waals surface area contributed by atoms with Crippen LogP contribution in [0.3, 0.4) is 0 Å². The Morgan fingerprint density at radius 1 is 0.947 bits per heavy atom. The van der Waals surface area contributed by atoms with Crippen molar-refractivity contribution in [2.24, 2.45) is 0 Å². The van der Waals surface area contributed by atoms with E-state index in [1.165, 1.54) is 11.1 Å². The molecule has 0 unspecified atom stereocenters. The second-order valence-corrected chi connectivity index (χ2v) is 4.41. The quantitative estimate of drug-likeness (QED) is 0.846. The van der Waals surface area contributed by atoms with E-state index in [9.17, 15) is 0 Å². The highest BCUT2D eigenvalue weighted by Crippen LogP contribution is 2.29. The lowest BCUT2D eigenvalue weighted by atomic mass is 10.0. The van der Waals surface area contributed by atoms with Crippen LogP contribution in [0.15, 0.2) is 48.5 Å². The second kappa shape index (κ2) is 6.95. The zero-order chi connectivity index (χ0) is 13.5. The van der Waals surface area contributed by atoms with E-state index in [2.05, 4.69) is 42.6 Å². The Morgan fingerprint density at radius 2 is 1.68 bits per heavy atom. The van der Waals surface area contributed by atoms with Crippen molar-refractivity contribution < 1.29 is 4.74 Å². The van der Waals surface area contributed by atoms with Crippen molar-refractivity contribution in [1.29, 1.82) is 0 Å². The monoisotopic (exact) mass is 255 g/mol. The van der Waals surface area contributed by atoms with Gasteiger partial charge in [-0.25, -0.2) is 0 Å². The summed E-state index contributed by atoms with van der Waals surface area (Å²) in [5.41, 5.74) is 3.66. The second-order valence-electron chi connectivity index (χ2n) is 4.41. The molecule has 0 atom stereocenters. The Morgan fingerprint density at radius 3 is 2.37 bits per heavy atom. The van der Waals surface area contributed by atoms with Crippen molar-refractivity contribution in [2.75, 3.05) is 13.2 Å². The molecule has 0 aliphatic heterocycles. The first kappa shape index (κ1) is 13.6. The highest BCUT2D eigenvalue weighted by molar-refractivity contribution is 5.70. The fourth-order valence-electron chi connectivity index (χ4n) is 2.06. The van der Waals surface area contributed by atoms with Crippen molar-refractivity contribution in [2.45, 2.75) is 20.4 Å². The Bertz CT molecular complexity index is 505. The van der Waals surface area contributed by atoms with Gasteiger partial charge >= 0.3 is 0 Å². The van der Waals surface area contributed by atoms with E-state index in [1.807, 2.05) is 25.1 Å². The number of hydrogen-bond acceptors (Lipinski definition) is 2. The highest BCUT2D eigenvalue weighted by Gasteiger charge is 2.04. The van der Waals surface area contributed by atoms with Crippen LogP contribution in [0.5, 0.6) is 5.75 Å². The number of para-hydroxylation sites is 1. The fourth-order valence-corrected chi connectivity index (χ4v) is 2.06. The van der Waals surface area contributed by atoms with Crippen LogP contribution >= 0.6 is 0 Å². The normalized spacial score (nSPS) is 10.4. The molecular formula is C17H21NO. The molecule has 0 amide bonds. The molecule has 2 heteroatoms. The van der Waals surface area contributed by atoms with E-state index in [-0.39, 0.29) is 0 Å². The van der Waals surface area contributed by atoms with E-state index in [0.717, 1.165) is 24.4 Å². The zero-order valence-electron chi connectivity index (χ0n) is 11.6. The van der Waals surface area contributed by atoms with Gasteiger partial charge in [0.2, 0.25) is 0 Å². The number of hydrogen-bond donors (Lipinski definition) is 1. The summed E-state index contributed by atoms with van der Waals surface area (Å²) in [6.45, 7) is 6.73. The van der Waals surface area contributed by atoms with Crippen molar-refractivity contribution in [3.63, 3.8) is 0 Å². The molecule has 2 rings (SSSR count). The number of benzene rings is 2. The van der Waals surface area contributed by atoms with Crippen LogP contribution in [0.1, 0.15) is 19.4 Å². The van der Waals surface area contributed by atoms with Gasteiger partial charge in [-0.05, 0) is 30.7 Å². The maximum Gasteiger partial charge on any atom is 0.127 e. The lowest BCUT2D eigenvalue weighted by Crippen LogP contribution is -2.11. The van der Waals surface area contributed by atoms with Crippen LogP contribution in [0.2, 0.25) is 0 Å². The van der Waals surface area contributed by atoms with Crippen LogP contribution in [-0.4, -0.2) is 13.2 Å². The lowest BCUT2D eigenvalue weighted by Gasteiger charge is -2.10. The van der Waals surface area contributed by atoms with Crippen LogP contribution in [0.25, 0.3) is 11.1 Å². The molecular weight excluding hydrogens is 234 g/mol. The van der Waals surface area contributed by atoms with Gasteiger partial charge < -0.3 is 10.1 Å². The predicted octanol–water partition coefficient (Wildman–Crippen LogP) is 3.86. The predicted molar refractivity (Wildman–Crippen MR) is 80.4 cm³/mol. The first-order valence-electron chi connectivity index (χ1n) is 6.87. The molecule has 0 heterocycles. The molecule has 0 saturated heterocycles. The van der Waals surface area contributed by atoms with Gasteiger partial charge in [-0.3, -0.25) is 0 Å². The van der Waals surface area contributed by atoms with Gasteiger partial charge in [0.25, 0.3) is 0 Å². The van der Waals surface area contributed by atoms with E-state index < -0.39 is 0 Å². The Kier molecular flexibility index (Phi) is 4.99. The third kappa shape index (κ3) is 3.58. The number of nitrogens with one attached hydrogen (secondary N) is 1. The molecule has 2 aromatic carbocycles. The molecule has 0 radical (unpaired) electrons. The topological polar surface area (TPSA) is 21.3 Å². The Labute approximate surface area is 115 Å². The third-order valence-electron chi connectivity index (χ3n) is 3.03. The standard InChI is InChI=1S/C17H21NO/c1-3-18-13-14-9-11-15(12-10-14)16-7-5-6-8-17(16)19-4-2/h5-12,18H,3-4,13H2,1-2H3. The molecule has 1 N–H and O–H groups in total. The smallest absolute Gasteiger partial charge is 0.127 e. The minimum atomic E-state index is 0.690. The summed E-state index contributed by atoms with van der Waals surface area (Å²) >= 11 is 0. The van der Waals surface area contributed by atoms with Gasteiger partial charge in [0.1, 0.15) is 5.75 Å². The van der Waals surface area contributed by atoms with E-state index in [0.29, 0.717) is 6.61 Å². The average molecular weight is 255 g/mol.